The molecule has 0 saturated carbocycles. The molecular weight excluding hydrogens is 323 g/mol. The van der Waals surface area contributed by atoms with Gasteiger partial charge in [0.05, 0.1) is 16.7 Å². The maximum absolute atomic E-state index is 12.8. The van der Waals surface area contributed by atoms with E-state index in [-0.39, 0.29) is 11.9 Å². The number of aromatic nitrogens is 1. The molecule has 2 heterocycles. The number of aliphatic hydroxyl groups is 1. The number of fused-ring (bicyclic) bond motifs is 1. The first kappa shape index (κ1) is 15.7. The van der Waals surface area contributed by atoms with Crippen LogP contribution >= 0.6 is 23.2 Å². The van der Waals surface area contributed by atoms with Crippen molar-refractivity contribution in [1.82, 2.24) is 9.88 Å². The lowest BCUT2D eigenvalue weighted by Crippen LogP contribution is -2.48. The molecule has 1 aliphatic rings. The van der Waals surface area contributed by atoms with Crippen LogP contribution in [-0.4, -0.2) is 39.1 Å². The van der Waals surface area contributed by atoms with Crippen LogP contribution in [0.1, 0.15) is 37.2 Å². The minimum Gasteiger partial charge on any atom is -0.388 e. The predicted octanol–water partition coefficient (Wildman–Crippen LogP) is 3.85. The maximum atomic E-state index is 12.8. The van der Waals surface area contributed by atoms with Crippen LogP contribution < -0.4 is 0 Å². The van der Waals surface area contributed by atoms with Crippen molar-refractivity contribution in [3.8, 4) is 0 Å². The molecule has 0 spiro atoms. The summed E-state index contributed by atoms with van der Waals surface area (Å²) in [6.07, 6.45) is 1.67. The van der Waals surface area contributed by atoms with E-state index >= 15 is 0 Å². The van der Waals surface area contributed by atoms with Crippen LogP contribution in [0.3, 0.4) is 0 Å². The van der Waals surface area contributed by atoms with Gasteiger partial charge >= 0.3 is 0 Å². The van der Waals surface area contributed by atoms with E-state index in [4.69, 9.17) is 23.2 Å². The molecule has 22 heavy (non-hydrogen) atoms. The molecule has 1 amide bonds. The molecule has 0 radical (unpaired) electrons. The van der Waals surface area contributed by atoms with Gasteiger partial charge in [0.1, 0.15) is 5.69 Å². The number of amides is 1. The summed E-state index contributed by atoms with van der Waals surface area (Å²) in [5.74, 6) is -0.179. The van der Waals surface area contributed by atoms with E-state index < -0.39 is 5.60 Å². The van der Waals surface area contributed by atoms with Crippen molar-refractivity contribution in [1.29, 1.82) is 0 Å². The van der Waals surface area contributed by atoms with Crippen molar-refractivity contribution >= 4 is 40.0 Å². The number of nitrogens with one attached hydrogen (secondary N) is 1. The second-order valence-electron chi connectivity index (χ2n) is 6.31. The standard InChI is InChI=1S/C16H18Cl2N2O2/c1-16(2,22)12-4-3-7-20(12)15(21)14-13(18)10-8-9(17)5-6-11(10)19-14/h5-6,8,12,19,22H,3-4,7H2,1-2H3. The zero-order chi connectivity index (χ0) is 16.1. The van der Waals surface area contributed by atoms with Crippen LogP contribution in [0.15, 0.2) is 18.2 Å². The van der Waals surface area contributed by atoms with Gasteiger partial charge in [-0.15, -0.1) is 0 Å². The first-order valence-electron chi connectivity index (χ1n) is 7.29. The van der Waals surface area contributed by atoms with Crippen LogP contribution in [0.5, 0.6) is 0 Å². The Balaban J connectivity index is 2.00. The van der Waals surface area contributed by atoms with Crippen LogP contribution in [0.2, 0.25) is 10.0 Å². The molecule has 4 nitrogen and oxygen atoms in total. The van der Waals surface area contributed by atoms with Gasteiger partial charge in [-0.05, 0) is 44.9 Å². The summed E-state index contributed by atoms with van der Waals surface area (Å²) < 4.78 is 0. The maximum Gasteiger partial charge on any atom is 0.272 e. The van der Waals surface area contributed by atoms with Gasteiger partial charge in [0.25, 0.3) is 5.91 Å². The van der Waals surface area contributed by atoms with Crippen LogP contribution in [0.4, 0.5) is 0 Å². The van der Waals surface area contributed by atoms with E-state index in [0.717, 1.165) is 23.7 Å². The van der Waals surface area contributed by atoms with Crippen molar-refractivity contribution < 1.29 is 9.90 Å². The highest BCUT2D eigenvalue weighted by molar-refractivity contribution is 6.39. The minimum absolute atomic E-state index is 0.179. The molecule has 1 unspecified atom stereocenters. The Labute approximate surface area is 139 Å². The molecule has 1 aromatic heterocycles. The molecular formula is C16H18Cl2N2O2. The van der Waals surface area contributed by atoms with Gasteiger partial charge in [0.2, 0.25) is 0 Å². The quantitative estimate of drug-likeness (QED) is 0.872. The molecule has 3 rings (SSSR count). The molecule has 1 fully saturated rings. The fourth-order valence-corrected chi connectivity index (χ4v) is 3.62. The lowest BCUT2D eigenvalue weighted by atomic mass is 9.96. The third-order valence-corrected chi connectivity index (χ3v) is 4.87. The Hall–Kier alpha value is -1.23. The Morgan fingerprint density at radius 1 is 1.41 bits per heavy atom. The average Bonchev–Trinajstić information content (AvgIpc) is 3.04. The number of likely N-dealkylation sites (tertiary alicyclic amines) is 1. The summed E-state index contributed by atoms with van der Waals surface area (Å²) >= 11 is 12.4. The second-order valence-corrected chi connectivity index (χ2v) is 7.13. The molecule has 2 N–H and O–H groups in total. The number of rotatable bonds is 2. The summed E-state index contributed by atoms with van der Waals surface area (Å²) in [6, 6.07) is 5.09. The number of benzene rings is 1. The summed E-state index contributed by atoms with van der Waals surface area (Å²) in [6.45, 7) is 4.09. The first-order chi connectivity index (χ1) is 10.3. The highest BCUT2D eigenvalue weighted by atomic mass is 35.5. The van der Waals surface area contributed by atoms with E-state index in [1.807, 2.05) is 0 Å². The van der Waals surface area contributed by atoms with E-state index in [2.05, 4.69) is 4.98 Å². The Morgan fingerprint density at radius 3 is 2.82 bits per heavy atom. The summed E-state index contributed by atoms with van der Waals surface area (Å²) in [4.78, 5) is 17.6. The second kappa shape index (κ2) is 5.44. The normalized spacial score (nSPS) is 19.1. The van der Waals surface area contributed by atoms with Gasteiger partial charge in [0.15, 0.2) is 0 Å². The largest absolute Gasteiger partial charge is 0.388 e. The Kier molecular flexibility index (Phi) is 3.87. The van der Waals surface area contributed by atoms with Gasteiger partial charge in [-0.3, -0.25) is 4.79 Å². The number of carbonyl (C=O) groups excluding carboxylic acids is 1. The van der Waals surface area contributed by atoms with E-state index in [1.165, 1.54) is 0 Å². The van der Waals surface area contributed by atoms with Crippen LogP contribution in [0.25, 0.3) is 10.9 Å². The monoisotopic (exact) mass is 340 g/mol. The highest BCUT2D eigenvalue weighted by Gasteiger charge is 2.39. The summed E-state index contributed by atoms with van der Waals surface area (Å²) in [5.41, 5.74) is 0.195. The van der Waals surface area contributed by atoms with Crippen molar-refractivity contribution in [2.75, 3.05) is 6.54 Å². The number of aromatic amines is 1. The first-order valence-corrected chi connectivity index (χ1v) is 8.04. The number of halogens is 2. The lowest BCUT2D eigenvalue weighted by molar-refractivity contribution is 0.000161. The molecule has 6 heteroatoms. The van der Waals surface area contributed by atoms with Crippen LogP contribution in [0, 0.1) is 0 Å². The van der Waals surface area contributed by atoms with Gasteiger partial charge in [-0.25, -0.2) is 0 Å². The Bertz CT molecular complexity index is 734. The smallest absolute Gasteiger partial charge is 0.272 e. The number of nitrogens with zero attached hydrogens (tertiary/aromatic N) is 1. The van der Waals surface area contributed by atoms with Crippen molar-refractivity contribution in [3.05, 3.63) is 33.9 Å². The molecule has 0 bridgehead atoms. The summed E-state index contributed by atoms with van der Waals surface area (Å²) in [5, 5.41) is 12.0. The summed E-state index contributed by atoms with van der Waals surface area (Å²) in [7, 11) is 0. The fourth-order valence-electron chi connectivity index (χ4n) is 3.17. The van der Waals surface area contributed by atoms with Crippen LogP contribution in [-0.2, 0) is 0 Å². The number of hydrogen-bond acceptors (Lipinski definition) is 2. The molecule has 1 atom stereocenters. The molecule has 2 aromatic rings. The molecule has 118 valence electrons. The van der Waals surface area contributed by atoms with Crippen molar-refractivity contribution in [2.24, 2.45) is 0 Å². The third-order valence-electron chi connectivity index (χ3n) is 4.24. The predicted molar refractivity (Wildman–Crippen MR) is 88.7 cm³/mol. The zero-order valence-corrected chi connectivity index (χ0v) is 14.0. The highest BCUT2D eigenvalue weighted by Crippen LogP contribution is 2.33. The number of hydrogen-bond donors (Lipinski definition) is 2. The van der Waals surface area contributed by atoms with Crippen molar-refractivity contribution in [2.45, 2.75) is 38.3 Å². The zero-order valence-electron chi connectivity index (χ0n) is 12.5. The molecule has 1 aromatic carbocycles. The van der Waals surface area contributed by atoms with Crippen molar-refractivity contribution in [3.63, 3.8) is 0 Å². The van der Waals surface area contributed by atoms with E-state index in [1.54, 1.807) is 36.9 Å². The Morgan fingerprint density at radius 2 is 2.14 bits per heavy atom. The van der Waals surface area contributed by atoms with E-state index in [9.17, 15) is 9.90 Å². The average molecular weight is 341 g/mol. The molecule has 1 aliphatic heterocycles. The number of carbonyl (C=O) groups is 1. The SMILES string of the molecule is CC(C)(O)C1CCCN1C(=O)c1[nH]c2ccc(Cl)cc2c1Cl. The van der Waals surface area contributed by atoms with Gasteiger partial charge in [0, 0.05) is 22.5 Å². The van der Waals surface area contributed by atoms with Gasteiger partial charge in [-0.1, -0.05) is 23.2 Å². The minimum atomic E-state index is -0.937. The molecule has 1 saturated heterocycles. The third kappa shape index (κ3) is 2.60. The lowest BCUT2D eigenvalue weighted by Gasteiger charge is -2.33. The van der Waals surface area contributed by atoms with E-state index in [0.29, 0.717) is 22.3 Å². The van der Waals surface area contributed by atoms with Gasteiger partial charge in [-0.2, -0.15) is 0 Å². The fraction of sp³-hybridized carbons (Fsp3) is 0.438. The molecule has 0 aliphatic carbocycles. The van der Waals surface area contributed by atoms with Gasteiger partial charge < -0.3 is 15.0 Å². The number of H-pyrrole nitrogens is 1. The topological polar surface area (TPSA) is 56.3 Å².